The molecule has 2 aromatic rings. The SMILES string of the molecule is Cc1ccc(NC(=O)c2ccoc2C)c(C#CCCO)c1. The van der Waals surface area contributed by atoms with Gasteiger partial charge in [-0.25, -0.2) is 0 Å². The summed E-state index contributed by atoms with van der Waals surface area (Å²) in [5, 5.41) is 11.6. The fourth-order valence-corrected chi connectivity index (χ4v) is 1.89. The van der Waals surface area contributed by atoms with Gasteiger partial charge in [0.25, 0.3) is 5.91 Å². The molecule has 2 N–H and O–H groups in total. The first kappa shape index (κ1) is 14.9. The second-order valence-corrected chi connectivity index (χ2v) is 4.67. The van der Waals surface area contributed by atoms with Crippen molar-refractivity contribution >= 4 is 11.6 Å². The Hall–Kier alpha value is -2.51. The van der Waals surface area contributed by atoms with Gasteiger partial charge in [-0.1, -0.05) is 17.9 Å². The number of aryl methyl sites for hydroxylation is 2. The van der Waals surface area contributed by atoms with Gasteiger partial charge in [-0.3, -0.25) is 4.79 Å². The molecule has 0 atom stereocenters. The summed E-state index contributed by atoms with van der Waals surface area (Å²) in [4.78, 5) is 12.2. The van der Waals surface area contributed by atoms with E-state index in [1.54, 1.807) is 13.0 Å². The third-order valence-electron chi connectivity index (χ3n) is 2.99. The Morgan fingerprint density at radius 3 is 2.81 bits per heavy atom. The first-order chi connectivity index (χ1) is 10.1. The number of carbonyl (C=O) groups is 1. The van der Waals surface area contributed by atoms with Crippen molar-refractivity contribution in [3.63, 3.8) is 0 Å². The summed E-state index contributed by atoms with van der Waals surface area (Å²) in [6.07, 6.45) is 1.89. The molecule has 0 fully saturated rings. The molecule has 21 heavy (non-hydrogen) atoms. The number of anilines is 1. The number of furan rings is 1. The number of carbonyl (C=O) groups excluding carboxylic acids is 1. The standard InChI is InChI=1S/C17H17NO3/c1-12-6-7-16(14(11-12)5-3-4-9-19)18-17(20)15-8-10-21-13(15)2/h6-8,10-11,19H,4,9H2,1-2H3,(H,18,20). The van der Waals surface area contributed by atoms with Crippen molar-refractivity contribution in [2.75, 3.05) is 11.9 Å². The van der Waals surface area contributed by atoms with E-state index in [2.05, 4.69) is 17.2 Å². The van der Waals surface area contributed by atoms with Crippen LogP contribution in [0.1, 0.15) is 33.7 Å². The summed E-state index contributed by atoms with van der Waals surface area (Å²) in [7, 11) is 0. The van der Waals surface area contributed by atoms with Crippen LogP contribution in [-0.4, -0.2) is 17.6 Å². The van der Waals surface area contributed by atoms with Crippen LogP contribution in [0.25, 0.3) is 0 Å². The van der Waals surface area contributed by atoms with Crippen molar-refractivity contribution in [1.29, 1.82) is 0 Å². The minimum atomic E-state index is -0.227. The molecule has 0 aliphatic rings. The van der Waals surface area contributed by atoms with Crippen molar-refractivity contribution in [1.82, 2.24) is 0 Å². The monoisotopic (exact) mass is 283 g/mol. The quantitative estimate of drug-likeness (QED) is 0.851. The average Bonchev–Trinajstić information content (AvgIpc) is 2.88. The summed E-state index contributed by atoms with van der Waals surface area (Å²) in [5.74, 6) is 6.19. The number of nitrogens with one attached hydrogen (secondary N) is 1. The molecule has 4 nitrogen and oxygen atoms in total. The minimum Gasteiger partial charge on any atom is -0.469 e. The highest BCUT2D eigenvalue weighted by molar-refractivity contribution is 6.05. The first-order valence-corrected chi connectivity index (χ1v) is 6.67. The number of aliphatic hydroxyl groups is 1. The van der Waals surface area contributed by atoms with Gasteiger partial charge in [-0.2, -0.15) is 0 Å². The minimum absolute atomic E-state index is 0.0225. The van der Waals surface area contributed by atoms with Crippen LogP contribution in [0.3, 0.4) is 0 Å². The number of benzene rings is 1. The highest BCUT2D eigenvalue weighted by Gasteiger charge is 2.13. The summed E-state index contributed by atoms with van der Waals surface area (Å²) >= 11 is 0. The first-order valence-electron chi connectivity index (χ1n) is 6.67. The third kappa shape index (κ3) is 3.74. The lowest BCUT2D eigenvalue weighted by atomic mass is 10.1. The van der Waals surface area contributed by atoms with Gasteiger partial charge < -0.3 is 14.8 Å². The third-order valence-corrected chi connectivity index (χ3v) is 2.99. The summed E-state index contributed by atoms with van der Waals surface area (Å²) in [5.41, 5.74) is 2.94. The van der Waals surface area contributed by atoms with Crippen molar-refractivity contribution in [3.8, 4) is 11.8 Å². The Morgan fingerprint density at radius 2 is 2.14 bits per heavy atom. The lowest BCUT2D eigenvalue weighted by molar-refractivity contribution is 0.102. The fourth-order valence-electron chi connectivity index (χ4n) is 1.89. The zero-order chi connectivity index (χ0) is 15.2. The Kier molecular flexibility index (Phi) is 4.81. The number of amides is 1. The van der Waals surface area contributed by atoms with Crippen molar-refractivity contribution in [3.05, 3.63) is 53.0 Å². The maximum atomic E-state index is 12.2. The van der Waals surface area contributed by atoms with E-state index in [-0.39, 0.29) is 12.5 Å². The van der Waals surface area contributed by atoms with Gasteiger partial charge in [0.1, 0.15) is 5.76 Å². The summed E-state index contributed by atoms with van der Waals surface area (Å²) in [6, 6.07) is 7.28. The molecule has 0 spiro atoms. The molecule has 1 aromatic carbocycles. The maximum absolute atomic E-state index is 12.2. The molecule has 0 unspecified atom stereocenters. The molecule has 4 heteroatoms. The van der Waals surface area contributed by atoms with E-state index in [9.17, 15) is 4.79 Å². The number of hydrogen-bond donors (Lipinski definition) is 2. The van der Waals surface area contributed by atoms with Crippen LogP contribution in [0, 0.1) is 25.7 Å². The van der Waals surface area contributed by atoms with E-state index in [0.29, 0.717) is 23.4 Å². The van der Waals surface area contributed by atoms with Gasteiger partial charge in [-0.05, 0) is 37.6 Å². The largest absolute Gasteiger partial charge is 0.469 e. The molecule has 0 aliphatic carbocycles. The number of hydrogen-bond acceptors (Lipinski definition) is 3. The van der Waals surface area contributed by atoms with Crippen LogP contribution in [-0.2, 0) is 0 Å². The molecule has 2 rings (SSSR count). The number of rotatable bonds is 3. The molecule has 0 saturated heterocycles. The zero-order valence-corrected chi connectivity index (χ0v) is 12.1. The van der Waals surface area contributed by atoms with Gasteiger partial charge in [-0.15, -0.1) is 0 Å². The van der Waals surface area contributed by atoms with Crippen molar-refractivity contribution in [2.45, 2.75) is 20.3 Å². The average molecular weight is 283 g/mol. The van der Waals surface area contributed by atoms with E-state index in [4.69, 9.17) is 9.52 Å². The van der Waals surface area contributed by atoms with Crippen LogP contribution >= 0.6 is 0 Å². The maximum Gasteiger partial charge on any atom is 0.259 e. The lowest BCUT2D eigenvalue weighted by Gasteiger charge is -2.08. The predicted molar refractivity (Wildman–Crippen MR) is 81.2 cm³/mol. The summed E-state index contributed by atoms with van der Waals surface area (Å²) in [6.45, 7) is 3.73. The fraction of sp³-hybridized carbons (Fsp3) is 0.235. The second-order valence-electron chi connectivity index (χ2n) is 4.67. The molecule has 0 aliphatic heterocycles. The Bertz CT molecular complexity index is 704. The Balaban J connectivity index is 2.26. The van der Waals surface area contributed by atoms with E-state index >= 15 is 0 Å². The van der Waals surface area contributed by atoms with Crippen LogP contribution in [0.5, 0.6) is 0 Å². The van der Waals surface area contributed by atoms with Gasteiger partial charge in [0.2, 0.25) is 0 Å². The van der Waals surface area contributed by atoms with E-state index in [1.807, 2.05) is 25.1 Å². The van der Waals surface area contributed by atoms with E-state index in [0.717, 1.165) is 11.1 Å². The van der Waals surface area contributed by atoms with Gasteiger partial charge in [0.15, 0.2) is 0 Å². The van der Waals surface area contributed by atoms with Gasteiger partial charge in [0, 0.05) is 12.0 Å². The van der Waals surface area contributed by atoms with Crippen LogP contribution < -0.4 is 5.32 Å². The second kappa shape index (κ2) is 6.78. The predicted octanol–water partition coefficient (Wildman–Crippen LogP) is 2.88. The van der Waals surface area contributed by atoms with Gasteiger partial charge >= 0.3 is 0 Å². The van der Waals surface area contributed by atoms with Crippen LogP contribution in [0.15, 0.2) is 34.9 Å². The molecule has 1 aromatic heterocycles. The molecular weight excluding hydrogens is 266 g/mol. The van der Waals surface area contributed by atoms with Crippen LogP contribution in [0.4, 0.5) is 5.69 Å². The van der Waals surface area contributed by atoms with E-state index in [1.165, 1.54) is 6.26 Å². The Morgan fingerprint density at radius 1 is 1.33 bits per heavy atom. The molecule has 0 radical (unpaired) electrons. The number of aliphatic hydroxyl groups excluding tert-OH is 1. The Labute approximate surface area is 123 Å². The molecule has 0 bridgehead atoms. The normalized spacial score (nSPS) is 9.86. The lowest BCUT2D eigenvalue weighted by Crippen LogP contribution is -2.13. The molecule has 1 amide bonds. The molecular formula is C17H17NO3. The highest BCUT2D eigenvalue weighted by atomic mass is 16.3. The highest BCUT2D eigenvalue weighted by Crippen LogP contribution is 2.18. The molecule has 1 heterocycles. The molecule has 108 valence electrons. The van der Waals surface area contributed by atoms with Crippen LogP contribution in [0.2, 0.25) is 0 Å². The van der Waals surface area contributed by atoms with E-state index < -0.39 is 0 Å². The van der Waals surface area contributed by atoms with Crippen molar-refractivity contribution < 1.29 is 14.3 Å². The summed E-state index contributed by atoms with van der Waals surface area (Å²) < 4.78 is 5.14. The zero-order valence-electron chi connectivity index (χ0n) is 12.1. The molecule has 0 saturated carbocycles. The van der Waals surface area contributed by atoms with Gasteiger partial charge in [0.05, 0.1) is 24.1 Å². The van der Waals surface area contributed by atoms with Crippen molar-refractivity contribution in [2.24, 2.45) is 0 Å². The topological polar surface area (TPSA) is 62.5 Å². The smallest absolute Gasteiger partial charge is 0.259 e.